The van der Waals surface area contributed by atoms with Gasteiger partial charge in [-0.05, 0) is 50.0 Å². The van der Waals surface area contributed by atoms with Crippen LogP contribution in [0, 0.1) is 5.82 Å². The molecule has 40 heavy (non-hydrogen) atoms. The molecule has 2 N–H and O–H groups in total. The van der Waals surface area contributed by atoms with E-state index in [0.29, 0.717) is 23.7 Å². The fraction of sp³-hybridized carbons (Fsp3) is 0.348. The van der Waals surface area contributed by atoms with Gasteiger partial charge in [0, 0.05) is 19.6 Å². The number of rotatable bonds is 8. The number of nitrogens with one attached hydrogen (secondary N) is 2. The van der Waals surface area contributed by atoms with E-state index < -0.39 is 47.2 Å². The van der Waals surface area contributed by atoms with Gasteiger partial charge in [-0.15, -0.1) is 0 Å². The number of benzene rings is 2. The Morgan fingerprint density at radius 2 is 1.82 bits per heavy atom. The molecule has 0 radical (unpaired) electrons. The minimum Gasteiger partial charge on any atom is -0.411 e. The van der Waals surface area contributed by atoms with Crippen LogP contribution in [0.5, 0.6) is 0 Å². The van der Waals surface area contributed by atoms with Gasteiger partial charge in [-0.1, -0.05) is 22.9 Å². The monoisotopic (exact) mass is 595 g/mol. The number of fused-ring (bicyclic) bond motifs is 1. The Labute approximate surface area is 225 Å². The summed E-state index contributed by atoms with van der Waals surface area (Å²) in [6, 6.07) is 6.42. The number of thiazole rings is 1. The number of carbonyl (C=O) groups is 2. The molecule has 3 aromatic rings. The second-order valence-corrected chi connectivity index (χ2v) is 9.91. The molecule has 216 valence electrons. The van der Waals surface area contributed by atoms with Gasteiger partial charge in [0.25, 0.3) is 0 Å². The predicted octanol–water partition coefficient (Wildman–Crippen LogP) is 4.48. The molecule has 1 aliphatic heterocycles. The Bertz CT molecular complexity index is 1430. The first-order chi connectivity index (χ1) is 18.6. The van der Waals surface area contributed by atoms with Crippen LogP contribution in [0.3, 0.4) is 0 Å². The van der Waals surface area contributed by atoms with Gasteiger partial charge >= 0.3 is 30.3 Å². The first kappa shape index (κ1) is 29.3. The minimum absolute atomic E-state index is 0.00260. The zero-order chi connectivity index (χ0) is 29.5. The van der Waals surface area contributed by atoms with E-state index in [0.717, 1.165) is 35.6 Å². The Morgan fingerprint density at radius 1 is 1.10 bits per heavy atom. The number of likely N-dealkylation sites (N-methyl/N-ethyl adjacent to an activating group) is 1. The van der Waals surface area contributed by atoms with Gasteiger partial charge < -0.3 is 19.4 Å². The van der Waals surface area contributed by atoms with Crippen molar-refractivity contribution in [3.05, 3.63) is 58.9 Å². The van der Waals surface area contributed by atoms with Gasteiger partial charge in [-0.2, -0.15) is 26.3 Å². The normalized spacial score (nSPS) is 17.7. The molecule has 0 bridgehead atoms. The Kier molecular flexibility index (Phi) is 7.83. The van der Waals surface area contributed by atoms with Crippen LogP contribution >= 0.6 is 11.3 Å². The fourth-order valence-electron chi connectivity index (χ4n) is 3.68. The summed E-state index contributed by atoms with van der Waals surface area (Å²) in [5.74, 6) is -6.66. The Morgan fingerprint density at radius 3 is 2.40 bits per heavy atom. The highest BCUT2D eigenvalue weighted by Gasteiger charge is 2.53. The molecule has 4 rings (SSSR count). The van der Waals surface area contributed by atoms with Crippen molar-refractivity contribution in [2.75, 3.05) is 32.1 Å². The number of anilines is 1. The molecule has 9 nitrogen and oxygen atoms in total. The highest BCUT2D eigenvalue weighted by molar-refractivity contribution is 7.22. The van der Waals surface area contributed by atoms with E-state index in [1.807, 2.05) is 10.2 Å². The number of ether oxygens (including phenoxy) is 1. The second kappa shape index (κ2) is 10.7. The van der Waals surface area contributed by atoms with Crippen LogP contribution in [-0.2, 0) is 32.9 Å². The van der Waals surface area contributed by atoms with Gasteiger partial charge in [-0.3, -0.25) is 5.32 Å². The lowest BCUT2D eigenvalue weighted by atomic mass is 10.1. The zero-order valence-electron chi connectivity index (χ0n) is 20.6. The van der Waals surface area contributed by atoms with E-state index in [-0.39, 0.29) is 16.8 Å². The van der Waals surface area contributed by atoms with E-state index in [1.54, 1.807) is 24.5 Å². The van der Waals surface area contributed by atoms with Crippen LogP contribution in [0.2, 0.25) is 0 Å². The summed E-state index contributed by atoms with van der Waals surface area (Å²) in [6.07, 6.45) is -11.3. The highest BCUT2D eigenvalue weighted by atomic mass is 32.1. The maximum absolute atomic E-state index is 15.2. The maximum atomic E-state index is 15.2. The Hall–Kier alpha value is -3.70. The summed E-state index contributed by atoms with van der Waals surface area (Å²) >= 11 is 1.01. The average molecular weight is 595 g/mol. The van der Waals surface area contributed by atoms with Gasteiger partial charge in [0.1, 0.15) is 5.82 Å². The van der Waals surface area contributed by atoms with Crippen LogP contribution < -0.4 is 15.7 Å². The number of hydrogen-bond acceptors (Lipinski definition) is 9. The molecule has 17 heteroatoms. The number of hydrogen-bond donors (Lipinski definition) is 2. The van der Waals surface area contributed by atoms with Gasteiger partial charge in [-0.25, -0.2) is 19.0 Å². The van der Waals surface area contributed by atoms with Gasteiger partial charge in [0.2, 0.25) is 0 Å². The van der Waals surface area contributed by atoms with E-state index in [1.165, 1.54) is 12.1 Å². The summed E-state index contributed by atoms with van der Waals surface area (Å²) in [4.78, 5) is 35.3. The smallest absolute Gasteiger partial charge is 0.411 e. The summed E-state index contributed by atoms with van der Waals surface area (Å²) in [5, 5.41) is 2.17. The SMILES string of the molecule is CN(C)CCN(Cc1ccc(C2(OC(=O)C(F)(F)F)NOC(=O)N2)c(F)c1)c1nc2ccc(C(F)(F)F)cc2s1. The molecule has 0 saturated carbocycles. The number of nitrogens with zero attached hydrogens (tertiary/aromatic N) is 3. The van der Waals surface area contributed by atoms with Crippen molar-refractivity contribution < 1.29 is 49.9 Å². The number of carbonyl (C=O) groups excluding carboxylic acids is 2. The summed E-state index contributed by atoms with van der Waals surface area (Å²) < 4.78 is 97.8. The van der Waals surface area contributed by atoms with Crippen molar-refractivity contribution >= 4 is 38.7 Å². The molecule has 1 amide bonds. The number of hydroxylamine groups is 1. The van der Waals surface area contributed by atoms with E-state index in [2.05, 4.69) is 14.6 Å². The molecule has 0 aliphatic carbocycles. The quantitative estimate of drug-likeness (QED) is 0.291. The molecule has 1 atom stereocenters. The maximum Gasteiger partial charge on any atom is 0.491 e. The lowest BCUT2D eigenvalue weighted by molar-refractivity contribution is -0.225. The van der Waals surface area contributed by atoms with Crippen molar-refractivity contribution in [3.8, 4) is 0 Å². The number of esters is 1. The molecule has 1 fully saturated rings. The van der Waals surface area contributed by atoms with E-state index in [4.69, 9.17) is 0 Å². The molecular formula is C23H20F7N5O4S. The molecule has 0 spiro atoms. The number of amides is 1. The second-order valence-electron chi connectivity index (χ2n) is 8.90. The van der Waals surface area contributed by atoms with Crippen molar-refractivity contribution in [3.63, 3.8) is 0 Å². The summed E-state index contributed by atoms with van der Waals surface area (Å²) in [7, 11) is 3.60. The molecule has 1 aliphatic rings. The van der Waals surface area contributed by atoms with Gasteiger partial charge in [0.05, 0.1) is 21.3 Å². The average Bonchev–Trinajstić information content (AvgIpc) is 3.43. The van der Waals surface area contributed by atoms with E-state index >= 15 is 4.39 Å². The van der Waals surface area contributed by atoms with Crippen molar-refractivity contribution in [2.45, 2.75) is 24.7 Å². The largest absolute Gasteiger partial charge is 0.491 e. The van der Waals surface area contributed by atoms with Crippen LogP contribution in [0.1, 0.15) is 16.7 Å². The molecule has 1 aromatic heterocycles. The highest BCUT2D eigenvalue weighted by Crippen LogP contribution is 2.36. The van der Waals surface area contributed by atoms with Crippen LogP contribution in [0.15, 0.2) is 36.4 Å². The van der Waals surface area contributed by atoms with E-state index in [9.17, 15) is 35.9 Å². The molecule has 1 unspecified atom stereocenters. The first-order valence-electron chi connectivity index (χ1n) is 11.3. The molecular weight excluding hydrogens is 575 g/mol. The third-order valence-corrected chi connectivity index (χ3v) is 6.70. The standard InChI is InChI=1S/C23H20F7N5O4S/c1-34(2)7-8-35(19-31-16-6-4-13(21(25,26)27)10-17(16)40-19)11-12-3-5-14(15(24)9-12)23(32-20(37)39-33-23)38-18(36)22(28,29)30/h3-6,9-10,33H,7-8,11H2,1-2H3,(H,32,37). The predicted molar refractivity (Wildman–Crippen MR) is 127 cm³/mol. The fourth-order valence-corrected chi connectivity index (χ4v) is 4.71. The third-order valence-electron chi connectivity index (χ3n) is 5.62. The minimum atomic E-state index is -5.45. The first-order valence-corrected chi connectivity index (χ1v) is 12.1. The number of alkyl halides is 6. The molecule has 2 heterocycles. The van der Waals surface area contributed by atoms with Crippen LogP contribution in [0.4, 0.5) is 40.7 Å². The topological polar surface area (TPSA) is 96.0 Å². The van der Waals surface area contributed by atoms with Crippen molar-refractivity contribution in [1.29, 1.82) is 0 Å². The lowest BCUT2D eigenvalue weighted by Gasteiger charge is -2.28. The third kappa shape index (κ3) is 6.37. The van der Waals surface area contributed by atoms with Crippen LogP contribution in [0.25, 0.3) is 10.2 Å². The zero-order valence-corrected chi connectivity index (χ0v) is 21.4. The van der Waals surface area contributed by atoms with Crippen LogP contribution in [-0.4, -0.2) is 55.3 Å². The van der Waals surface area contributed by atoms with Gasteiger partial charge in [0.15, 0.2) is 5.13 Å². The van der Waals surface area contributed by atoms with Crippen molar-refractivity contribution in [2.24, 2.45) is 0 Å². The number of aromatic nitrogens is 1. The summed E-state index contributed by atoms with van der Waals surface area (Å²) in [5.41, 5.74) is 0.894. The molecule has 1 saturated heterocycles. The van der Waals surface area contributed by atoms with Crippen molar-refractivity contribution in [1.82, 2.24) is 20.7 Å². The summed E-state index contributed by atoms with van der Waals surface area (Å²) in [6.45, 7) is 0.831. The lowest BCUT2D eigenvalue weighted by Crippen LogP contribution is -2.52. The number of halogens is 7. The molecule has 2 aromatic carbocycles. The Balaban J connectivity index is 1.64.